The Hall–Kier alpha value is -0.740. The Labute approximate surface area is 107 Å². The number of nitrogens with zero attached hydrogens (tertiary/aromatic N) is 1. The molecule has 96 valence electrons. The van der Waals surface area contributed by atoms with E-state index in [1.807, 2.05) is 12.3 Å². The summed E-state index contributed by atoms with van der Waals surface area (Å²) in [5, 5.41) is 2.95. The van der Waals surface area contributed by atoms with E-state index in [0.717, 1.165) is 10.7 Å². The molecule has 17 heavy (non-hydrogen) atoms. The van der Waals surface area contributed by atoms with Crippen LogP contribution < -0.4 is 0 Å². The molecule has 4 heteroatoms. The normalized spacial score (nSPS) is 13.7. The first-order valence-corrected chi connectivity index (χ1v) is 6.70. The molecule has 0 fully saturated rings. The van der Waals surface area contributed by atoms with Gasteiger partial charge in [-0.3, -0.25) is 4.79 Å². The first-order chi connectivity index (χ1) is 7.82. The molecular weight excluding hydrogens is 234 g/mol. The summed E-state index contributed by atoms with van der Waals surface area (Å²) in [6.45, 7) is 8.28. The summed E-state index contributed by atoms with van der Waals surface area (Å²) in [6, 6.07) is 0. The largest absolute Gasteiger partial charge is 0.381 e. The summed E-state index contributed by atoms with van der Waals surface area (Å²) in [6.07, 6.45) is 0.875. The molecule has 0 aliphatic heterocycles. The van der Waals surface area contributed by atoms with E-state index in [1.165, 1.54) is 0 Å². The second-order valence-corrected chi connectivity index (χ2v) is 6.29. The number of thiazole rings is 1. The highest BCUT2D eigenvalue weighted by Crippen LogP contribution is 2.24. The Morgan fingerprint density at radius 3 is 2.65 bits per heavy atom. The van der Waals surface area contributed by atoms with E-state index in [1.54, 1.807) is 18.4 Å². The number of hydrogen-bond acceptors (Lipinski definition) is 4. The number of Topliss-reactive ketones (excluding diaryl/α,β-unsaturated/α-hetero) is 1. The minimum atomic E-state index is -0.00968. The molecule has 1 rings (SSSR count). The number of carbonyl (C=O) groups is 1. The van der Waals surface area contributed by atoms with Gasteiger partial charge in [-0.1, -0.05) is 20.8 Å². The van der Waals surface area contributed by atoms with Gasteiger partial charge in [0.25, 0.3) is 0 Å². The molecule has 0 spiro atoms. The summed E-state index contributed by atoms with van der Waals surface area (Å²) in [5.74, 6) is 0.189. The smallest absolute Gasteiger partial charge is 0.142 e. The molecule has 1 heterocycles. The van der Waals surface area contributed by atoms with Crippen LogP contribution in [0.15, 0.2) is 5.38 Å². The fourth-order valence-electron chi connectivity index (χ4n) is 1.38. The van der Waals surface area contributed by atoms with Crippen LogP contribution >= 0.6 is 11.3 Å². The molecule has 1 aromatic heterocycles. The molecule has 1 unspecified atom stereocenters. The van der Waals surface area contributed by atoms with Crippen molar-refractivity contribution < 1.29 is 9.53 Å². The monoisotopic (exact) mass is 255 g/mol. The van der Waals surface area contributed by atoms with Gasteiger partial charge in [0.15, 0.2) is 0 Å². The maximum absolute atomic E-state index is 11.7. The average molecular weight is 255 g/mol. The van der Waals surface area contributed by atoms with Gasteiger partial charge in [0.05, 0.1) is 18.2 Å². The van der Waals surface area contributed by atoms with Crippen molar-refractivity contribution in [3.8, 4) is 0 Å². The Morgan fingerprint density at radius 2 is 2.18 bits per heavy atom. The van der Waals surface area contributed by atoms with Crippen LogP contribution in [0, 0.1) is 0 Å². The molecular formula is C13H21NO2S. The van der Waals surface area contributed by atoms with Crippen molar-refractivity contribution in [2.45, 2.75) is 52.1 Å². The maximum Gasteiger partial charge on any atom is 0.142 e. The predicted molar refractivity (Wildman–Crippen MR) is 70.6 cm³/mol. The lowest BCUT2D eigenvalue weighted by molar-refractivity contribution is -0.120. The highest BCUT2D eigenvalue weighted by atomic mass is 32.1. The van der Waals surface area contributed by atoms with Crippen molar-refractivity contribution in [3.63, 3.8) is 0 Å². The van der Waals surface area contributed by atoms with Gasteiger partial charge < -0.3 is 4.74 Å². The topological polar surface area (TPSA) is 39.2 Å². The van der Waals surface area contributed by atoms with Crippen molar-refractivity contribution in [3.05, 3.63) is 16.1 Å². The van der Waals surface area contributed by atoms with Gasteiger partial charge in [-0.05, 0) is 6.92 Å². The first-order valence-electron chi connectivity index (χ1n) is 5.82. The molecule has 0 aromatic carbocycles. The summed E-state index contributed by atoms with van der Waals surface area (Å²) in [7, 11) is 1.62. The van der Waals surface area contributed by atoms with E-state index in [2.05, 4.69) is 25.8 Å². The van der Waals surface area contributed by atoms with Crippen LogP contribution in [0.2, 0.25) is 0 Å². The van der Waals surface area contributed by atoms with Gasteiger partial charge in [0, 0.05) is 24.3 Å². The zero-order valence-corrected chi connectivity index (χ0v) is 12.1. The molecule has 0 amide bonds. The second kappa shape index (κ2) is 5.74. The standard InChI is InChI=1S/C13H21NO2S/c1-9(16-5)6-10(15)7-12-14-11(8-17-12)13(2,3)4/h8-9H,6-7H2,1-5H3. The quantitative estimate of drug-likeness (QED) is 0.812. The van der Waals surface area contributed by atoms with E-state index in [4.69, 9.17) is 4.74 Å². The number of ether oxygens (including phenoxy) is 1. The number of methoxy groups -OCH3 is 1. The van der Waals surface area contributed by atoms with Crippen molar-refractivity contribution >= 4 is 17.1 Å². The highest BCUT2D eigenvalue weighted by molar-refractivity contribution is 7.09. The fourth-order valence-corrected chi connectivity index (χ4v) is 2.43. The Morgan fingerprint density at radius 1 is 1.53 bits per heavy atom. The molecule has 3 nitrogen and oxygen atoms in total. The molecule has 0 radical (unpaired) electrons. The molecule has 0 saturated heterocycles. The zero-order chi connectivity index (χ0) is 13.1. The van der Waals surface area contributed by atoms with E-state index < -0.39 is 0 Å². The Bertz CT molecular complexity index is 379. The molecule has 1 atom stereocenters. The van der Waals surface area contributed by atoms with Gasteiger partial charge in [-0.2, -0.15) is 0 Å². The number of aromatic nitrogens is 1. The van der Waals surface area contributed by atoms with Crippen LogP contribution in [0.25, 0.3) is 0 Å². The lowest BCUT2D eigenvalue weighted by Gasteiger charge is -2.14. The first kappa shape index (κ1) is 14.3. The maximum atomic E-state index is 11.7. The number of carbonyl (C=O) groups excluding carboxylic acids is 1. The van der Waals surface area contributed by atoms with Crippen molar-refractivity contribution in [1.29, 1.82) is 0 Å². The lowest BCUT2D eigenvalue weighted by Crippen LogP contribution is -2.15. The SMILES string of the molecule is COC(C)CC(=O)Cc1nc(C(C)(C)C)cs1. The van der Waals surface area contributed by atoms with Crippen LogP contribution in [0.3, 0.4) is 0 Å². The van der Waals surface area contributed by atoms with Gasteiger partial charge in [0.1, 0.15) is 10.8 Å². The molecule has 0 aliphatic carbocycles. The van der Waals surface area contributed by atoms with Crippen LogP contribution in [0.4, 0.5) is 0 Å². The van der Waals surface area contributed by atoms with Crippen LogP contribution in [0.5, 0.6) is 0 Å². The van der Waals surface area contributed by atoms with Gasteiger partial charge >= 0.3 is 0 Å². The van der Waals surface area contributed by atoms with Gasteiger partial charge in [-0.15, -0.1) is 11.3 Å². The van der Waals surface area contributed by atoms with Crippen LogP contribution in [-0.2, 0) is 21.4 Å². The van der Waals surface area contributed by atoms with E-state index >= 15 is 0 Å². The van der Waals surface area contributed by atoms with Gasteiger partial charge in [-0.25, -0.2) is 4.98 Å². The van der Waals surface area contributed by atoms with Crippen LogP contribution in [-0.4, -0.2) is 24.0 Å². The molecule has 0 aliphatic rings. The summed E-state index contributed by atoms with van der Waals surface area (Å²) < 4.78 is 5.08. The number of ketones is 1. The Balaban J connectivity index is 2.58. The minimum absolute atomic E-state index is 0.00968. The molecule has 1 aromatic rings. The lowest BCUT2D eigenvalue weighted by atomic mass is 9.93. The molecule has 0 N–H and O–H groups in total. The van der Waals surface area contributed by atoms with E-state index in [0.29, 0.717) is 12.8 Å². The zero-order valence-electron chi connectivity index (χ0n) is 11.2. The van der Waals surface area contributed by atoms with Crippen molar-refractivity contribution in [2.24, 2.45) is 0 Å². The van der Waals surface area contributed by atoms with Crippen molar-refractivity contribution in [1.82, 2.24) is 4.98 Å². The third kappa shape index (κ3) is 4.56. The summed E-state index contributed by atoms with van der Waals surface area (Å²) >= 11 is 1.57. The fraction of sp³-hybridized carbons (Fsp3) is 0.692. The van der Waals surface area contributed by atoms with Gasteiger partial charge in [0.2, 0.25) is 0 Å². The minimum Gasteiger partial charge on any atom is -0.381 e. The third-order valence-electron chi connectivity index (χ3n) is 2.59. The average Bonchev–Trinajstić information content (AvgIpc) is 2.65. The summed E-state index contributed by atoms with van der Waals surface area (Å²) in [4.78, 5) is 16.2. The van der Waals surface area contributed by atoms with E-state index in [-0.39, 0.29) is 17.3 Å². The molecule has 0 bridgehead atoms. The van der Waals surface area contributed by atoms with E-state index in [9.17, 15) is 4.79 Å². The molecule has 0 saturated carbocycles. The number of hydrogen-bond donors (Lipinski definition) is 0. The predicted octanol–water partition coefficient (Wildman–Crippen LogP) is 2.98. The Kier molecular flexibility index (Phi) is 4.83. The second-order valence-electron chi connectivity index (χ2n) is 5.34. The highest BCUT2D eigenvalue weighted by Gasteiger charge is 2.18. The third-order valence-corrected chi connectivity index (χ3v) is 3.43. The van der Waals surface area contributed by atoms with Crippen LogP contribution in [0.1, 0.15) is 44.8 Å². The number of rotatable bonds is 5. The van der Waals surface area contributed by atoms with Crippen molar-refractivity contribution in [2.75, 3.05) is 7.11 Å². The summed E-state index contributed by atoms with van der Waals surface area (Å²) in [5.41, 5.74) is 1.11.